The minimum absolute atomic E-state index is 0.0865. The molecule has 0 aliphatic heterocycles. The maximum atomic E-state index is 13.1. The van der Waals surface area contributed by atoms with Crippen LogP contribution in [0.15, 0.2) is 77.7 Å². The van der Waals surface area contributed by atoms with Gasteiger partial charge in [0.2, 0.25) is 5.91 Å². The molecule has 0 aliphatic rings. The third-order valence-corrected chi connectivity index (χ3v) is 7.55. The molecule has 1 heterocycles. The number of fused-ring (bicyclic) bond motifs is 1. The van der Waals surface area contributed by atoms with Gasteiger partial charge in [-0.1, -0.05) is 63.2 Å². The monoisotopic (exact) mass is 532 g/mol. The first-order chi connectivity index (χ1) is 18.0. The molecule has 0 radical (unpaired) electrons. The number of anilines is 1. The first-order valence-corrected chi connectivity index (χ1v) is 13.8. The zero-order valence-corrected chi connectivity index (χ0v) is 22.7. The minimum Gasteiger partial charge on any atom is -0.355 e. The average Bonchev–Trinajstić information content (AvgIpc) is 3.25. The minimum atomic E-state index is -3.83. The van der Waals surface area contributed by atoms with Gasteiger partial charge in [-0.15, -0.1) is 0 Å². The van der Waals surface area contributed by atoms with Crippen molar-refractivity contribution in [2.24, 2.45) is 0 Å². The van der Waals surface area contributed by atoms with Crippen LogP contribution in [0, 0.1) is 0 Å². The number of carbonyl (C=O) groups is 2. The Kier molecular flexibility index (Phi) is 7.59. The molecule has 9 heteroatoms. The summed E-state index contributed by atoms with van der Waals surface area (Å²) < 4.78 is 29.0. The molecule has 4 N–H and O–H groups in total. The molecule has 0 spiro atoms. The summed E-state index contributed by atoms with van der Waals surface area (Å²) >= 11 is 0. The van der Waals surface area contributed by atoms with Gasteiger partial charge in [-0.3, -0.25) is 14.3 Å². The van der Waals surface area contributed by atoms with Crippen molar-refractivity contribution in [2.45, 2.75) is 38.0 Å². The van der Waals surface area contributed by atoms with Gasteiger partial charge >= 0.3 is 0 Å². The lowest BCUT2D eigenvalue weighted by Gasteiger charge is -2.19. The smallest absolute Gasteiger partial charge is 0.268 e. The van der Waals surface area contributed by atoms with Crippen LogP contribution in [0.25, 0.3) is 22.0 Å². The molecular weight excluding hydrogens is 500 g/mol. The Balaban J connectivity index is 1.68. The third-order valence-electron chi connectivity index (χ3n) is 6.16. The molecule has 0 aliphatic carbocycles. The fourth-order valence-corrected chi connectivity index (χ4v) is 5.23. The highest BCUT2D eigenvalue weighted by molar-refractivity contribution is 7.92. The highest BCUT2D eigenvalue weighted by Gasteiger charge is 2.21. The zero-order valence-electron chi connectivity index (χ0n) is 21.9. The van der Waals surface area contributed by atoms with Gasteiger partial charge in [-0.2, -0.15) is 0 Å². The van der Waals surface area contributed by atoms with E-state index in [0.717, 1.165) is 11.1 Å². The van der Waals surface area contributed by atoms with Crippen LogP contribution in [-0.2, 0) is 20.2 Å². The largest absolute Gasteiger partial charge is 0.355 e. The summed E-state index contributed by atoms with van der Waals surface area (Å²) in [6.07, 6.45) is 0. The van der Waals surface area contributed by atoms with E-state index in [-0.39, 0.29) is 28.7 Å². The van der Waals surface area contributed by atoms with Crippen LogP contribution in [0.1, 0.15) is 43.7 Å². The molecule has 4 rings (SSSR count). The maximum Gasteiger partial charge on any atom is 0.268 e. The van der Waals surface area contributed by atoms with Gasteiger partial charge in [0.05, 0.1) is 4.90 Å². The molecule has 0 atom stereocenters. The number of hydrogen-bond acceptors (Lipinski definition) is 4. The second kappa shape index (κ2) is 10.7. The second-order valence-electron chi connectivity index (χ2n) is 10.1. The van der Waals surface area contributed by atoms with E-state index in [9.17, 15) is 18.0 Å². The van der Waals surface area contributed by atoms with Crippen LogP contribution in [-0.4, -0.2) is 38.3 Å². The maximum absolute atomic E-state index is 13.1. The predicted octanol–water partition coefficient (Wildman–Crippen LogP) is 4.80. The summed E-state index contributed by atoms with van der Waals surface area (Å²) in [6.45, 7) is 8.21. The summed E-state index contributed by atoms with van der Waals surface area (Å²) in [7, 11) is -3.83. The molecule has 2 amide bonds. The molecule has 0 saturated carbocycles. The Labute approximate surface area is 222 Å². The first kappa shape index (κ1) is 26.9. The highest BCUT2D eigenvalue weighted by atomic mass is 32.2. The molecule has 4 aromatic rings. The number of H-pyrrole nitrogens is 1. The molecule has 0 fully saturated rings. The Morgan fingerprint density at radius 2 is 1.53 bits per heavy atom. The number of hydrogen-bond donors (Lipinski definition) is 4. The lowest BCUT2D eigenvalue weighted by molar-refractivity contribution is -0.118. The number of aromatic nitrogens is 1. The van der Waals surface area contributed by atoms with Gasteiger partial charge < -0.3 is 15.6 Å². The molecule has 1 aromatic heterocycles. The molecule has 38 heavy (non-hydrogen) atoms. The lowest BCUT2D eigenvalue weighted by atomic mass is 9.87. The Bertz CT molecular complexity index is 1570. The van der Waals surface area contributed by atoms with Crippen LogP contribution < -0.4 is 15.4 Å². The van der Waals surface area contributed by atoms with E-state index in [1.165, 1.54) is 6.92 Å². The Morgan fingerprint density at radius 3 is 2.16 bits per heavy atom. The molecule has 198 valence electrons. The normalized spacial score (nSPS) is 11.8. The van der Waals surface area contributed by atoms with Crippen molar-refractivity contribution < 1.29 is 18.0 Å². The van der Waals surface area contributed by atoms with E-state index >= 15 is 0 Å². The molecule has 0 bridgehead atoms. The van der Waals surface area contributed by atoms with Crippen molar-refractivity contribution in [2.75, 3.05) is 17.8 Å². The quantitative estimate of drug-likeness (QED) is 0.244. The molecule has 8 nitrogen and oxygen atoms in total. The van der Waals surface area contributed by atoms with Crippen LogP contribution in [0.2, 0.25) is 0 Å². The van der Waals surface area contributed by atoms with Crippen molar-refractivity contribution in [1.82, 2.24) is 15.6 Å². The standard InChI is InChI=1S/C29H32N4O4S/c1-19(34)30-16-17-31-28(35)27-26(20-8-6-5-7-9-20)24-18-22(12-15-25(24)32-27)33-38(36,37)23-13-10-21(11-14-23)29(2,3)4/h5-15,18,32-33H,16-17H2,1-4H3,(H,30,34)(H,31,35). The fraction of sp³-hybridized carbons (Fsp3) is 0.241. The topological polar surface area (TPSA) is 120 Å². The zero-order chi connectivity index (χ0) is 27.5. The van der Waals surface area contributed by atoms with Crippen molar-refractivity contribution in [3.05, 3.63) is 84.1 Å². The van der Waals surface area contributed by atoms with Crippen molar-refractivity contribution >= 4 is 38.4 Å². The summed E-state index contributed by atoms with van der Waals surface area (Å²) in [5, 5.41) is 6.17. The number of nitrogens with one attached hydrogen (secondary N) is 4. The van der Waals surface area contributed by atoms with Crippen molar-refractivity contribution in [1.29, 1.82) is 0 Å². The molecular formula is C29H32N4O4S. The van der Waals surface area contributed by atoms with Crippen molar-refractivity contribution in [3.8, 4) is 11.1 Å². The summed E-state index contributed by atoms with van der Waals surface area (Å²) in [6, 6.07) is 21.4. The van der Waals surface area contributed by atoms with E-state index in [2.05, 4.69) is 41.1 Å². The van der Waals surface area contributed by atoms with Gasteiger partial charge in [-0.25, -0.2) is 8.42 Å². The van der Waals surface area contributed by atoms with Crippen LogP contribution >= 0.6 is 0 Å². The summed E-state index contributed by atoms with van der Waals surface area (Å²) in [5.41, 5.74) is 3.85. The van der Waals surface area contributed by atoms with Gasteiger partial charge in [0.25, 0.3) is 15.9 Å². The van der Waals surface area contributed by atoms with Gasteiger partial charge in [0.1, 0.15) is 5.69 Å². The second-order valence-corrected chi connectivity index (χ2v) is 11.8. The number of benzene rings is 3. The molecule has 0 unspecified atom stereocenters. The fourth-order valence-electron chi connectivity index (χ4n) is 4.18. The SMILES string of the molecule is CC(=O)NCCNC(=O)c1[nH]c2ccc(NS(=O)(=O)c3ccc(C(C)(C)C)cc3)cc2c1-c1ccccc1. The third kappa shape index (κ3) is 6.06. The number of amides is 2. The first-order valence-electron chi connectivity index (χ1n) is 12.3. The lowest BCUT2D eigenvalue weighted by Crippen LogP contribution is -2.34. The Hall–Kier alpha value is -4.11. The van der Waals surface area contributed by atoms with Crippen molar-refractivity contribution in [3.63, 3.8) is 0 Å². The Morgan fingerprint density at radius 1 is 0.868 bits per heavy atom. The van der Waals surface area contributed by atoms with Crippen LogP contribution in [0.4, 0.5) is 5.69 Å². The van der Waals surface area contributed by atoms with E-state index < -0.39 is 10.0 Å². The van der Waals surface area contributed by atoms with E-state index in [0.29, 0.717) is 34.4 Å². The van der Waals surface area contributed by atoms with E-state index in [1.54, 1.807) is 30.3 Å². The van der Waals surface area contributed by atoms with E-state index in [4.69, 9.17) is 0 Å². The molecule has 0 saturated heterocycles. The predicted molar refractivity (Wildman–Crippen MR) is 151 cm³/mol. The average molecular weight is 533 g/mol. The number of sulfonamides is 1. The van der Waals surface area contributed by atoms with Crippen LogP contribution in [0.3, 0.4) is 0 Å². The summed E-state index contributed by atoms with van der Waals surface area (Å²) in [4.78, 5) is 27.5. The van der Waals surface area contributed by atoms with Gasteiger partial charge in [0, 0.05) is 42.2 Å². The number of aromatic amines is 1. The summed E-state index contributed by atoms with van der Waals surface area (Å²) in [5.74, 6) is -0.499. The van der Waals surface area contributed by atoms with E-state index in [1.807, 2.05) is 42.5 Å². The highest BCUT2D eigenvalue weighted by Crippen LogP contribution is 2.34. The number of carbonyl (C=O) groups excluding carboxylic acids is 2. The van der Waals surface area contributed by atoms with Gasteiger partial charge in [-0.05, 0) is 46.9 Å². The van der Waals surface area contributed by atoms with Gasteiger partial charge in [0.15, 0.2) is 0 Å². The molecule has 3 aromatic carbocycles. The van der Waals surface area contributed by atoms with Crippen LogP contribution in [0.5, 0.6) is 0 Å². The number of rotatable bonds is 8.